The molecule has 1 heterocycles. The van der Waals surface area contributed by atoms with E-state index in [1.165, 1.54) is 0 Å². The van der Waals surface area contributed by atoms with Crippen LogP contribution in [-0.4, -0.2) is 13.2 Å². The van der Waals surface area contributed by atoms with Gasteiger partial charge in [0.25, 0.3) is 0 Å². The van der Waals surface area contributed by atoms with Crippen molar-refractivity contribution in [2.24, 2.45) is 5.73 Å². The van der Waals surface area contributed by atoms with Crippen LogP contribution in [0.2, 0.25) is 0 Å². The van der Waals surface area contributed by atoms with E-state index in [9.17, 15) is 0 Å². The Balaban J connectivity index is 2.49. The molecule has 1 aliphatic rings. The first-order valence-electron chi connectivity index (χ1n) is 4.13. The fourth-order valence-corrected chi connectivity index (χ4v) is 1.76. The van der Waals surface area contributed by atoms with E-state index in [0.29, 0.717) is 13.2 Å². The SMILES string of the molecule is NCC1=CCOc2cc(Br)ccc21. The number of fused-ring (bicyclic) bond motifs is 1. The van der Waals surface area contributed by atoms with E-state index in [-0.39, 0.29) is 0 Å². The summed E-state index contributed by atoms with van der Waals surface area (Å²) >= 11 is 3.40. The van der Waals surface area contributed by atoms with Gasteiger partial charge >= 0.3 is 0 Å². The van der Waals surface area contributed by atoms with E-state index in [1.807, 2.05) is 24.3 Å². The van der Waals surface area contributed by atoms with Crippen LogP contribution in [0.1, 0.15) is 5.56 Å². The summed E-state index contributed by atoms with van der Waals surface area (Å²) < 4.78 is 6.51. The number of benzene rings is 1. The van der Waals surface area contributed by atoms with E-state index in [4.69, 9.17) is 10.5 Å². The standard InChI is InChI=1S/C10H10BrNO/c11-8-1-2-9-7(6-12)3-4-13-10(9)5-8/h1-3,5H,4,6,12H2. The minimum absolute atomic E-state index is 0.567. The zero-order valence-electron chi connectivity index (χ0n) is 7.09. The molecule has 1 aromatic rings. The van der Waals surface area contributed by atoms with E-state index in [0.717, 1.165) is 21.4 Å². The molecule has 2 N–H and O–H groups in total. The van der Waals surface area contributed by atoms with Crippen LogP contribution in [0.3, 0.4) is 0 Å². The van der Waals surface area contributed by atoms with Crippen LogP contribution in [0.4, 0.5) is 0 Å². The van der Waals surface area contributed by atoms with Crippen LogP contribution in [0.5, 0.6) is 5.75 Å². The van der Waals surface area contributed by atoms with Crippen LogP contribution >= 0.6 is 15.9 Å². The van der Waals surface area contributed by atoms with Gasteiger partial charge in [0.15, 0.2) is 0 Å². The van der Waals surface area contributed by atoms with Crippen LogP contribution in [0, 0.1) is 0 Å². The quantitative estimate of drug-likeness (QED) is 0.816. The van der Waals surface area contributed by atoms with Crippen molar-refractivity contribution in [2.75, 3.05) is 13.2 Å². The van der Waals surface area contributed by atoms with Gasteiger partial charge in [0.1, 0.15) is 12.4 Å². The summed E-state index contributed by atoms with van der Waals surface area (Å²) in [6, 6.07) is 5.99. The summed E-state index contributed by atoms with van der Waals surface area (Å²) in [7, 11) is 0. The lowest BCUT2D eigenvalue weighted by atomic mass is 10.0. The van der Waals surface area contributed by atoms with Crippen LogP contribution in [0.15, 0.2) is 28.7 Å². The molecule has 1 aromatic carbocycles. The molecule has 1 aliphatic heterocycles. The van der Waals surface area contributed by atoms with Crippen molar-refractivity contribution >= 4 is 21.5 Å². The molecule has 0 radical (unpaired) electrons. The first-order valence-corrected chi connectivity index (χ1v) is 4.92. The number of hydrogen-bond donors (Lipinski definition) is 1. The van der Waals surface area contributed by atoms with Crippen molar-refractivity contribution in [1.29, 1.82) is 0 Å². The maximum Gasteiger partial charge on any atom is 0.128 e. The molecule has 13 heavy (non-hydrogen) atoms. The van der Waals surface area contributed by atoms with Crippen LogP contribution in [-0.2, 0) is 0 Å². The molecule has 0 amide bonds. The van der Waals surface area contributed by atoms with Gasteiger partial charge in [-0.2, -0.15) is 0 Å². The van der Waals surface area contributed by atoms with Crippen molar-refractivity contribution in [1.82, 2.24) is 0 Å². The van der Waals surface area contributed by atoms with E-state index in [1.54, 1.807) is 0 Å². The molecule has 0 bridgehead atoms. The summed E-state index contributed by atoms with van der Waals surface area (Å²) in [6.07, 6.45) is 2.02. The normalized spacial score (nSPS) is 14.5. The maximum absolute atomic E-state index is 5.62. The summed E-state index contributed by atoms with van der Waals surface area (Å²) in [5.74, 6) is 0.914. The number of halogens is 1. The minimum Gasteiger partial charge on any atom is -0.489 e. The highest BCUT2D eigenvalue weighted by Gasteiger charge is 2.12. The van der Waals surface area contributed by atoms with Gasteiger partial charge in [-0.1, -0.05) is 15.9 Å². The summed E-state index contributed by atoms with van der Waals surface area (Å²) in [5.41, 5.74) is 7.89. The van der Waals surface area contributed by atoms with E-state index >= 15 is 0 Å². The van der Waals surface area contributed by atoms with Gasteiger partial charge in [-0.25, -0.2) is 0 Å². The first-order chi connectivity index (χ1) is 6.31. The van der Waals surface area contributed by atoms with E-state index < -0.39 is 0 Å². The fourth-order valence-electron chi connectivity index (χ4n) is 1.42. The number of rotatable bonds is 1. The van der Waals surface area contributed by atoms with Gasteiger partial charge in [0.2, 0.25) is 0 Å². The maximum atomic E-state index is 5.62. The molecular formula is C10H10BrNO. The summed E-state index contributed by atoms with van der Waals surface area (Å²) in [6.45, 7) is 1.19. The largest absolute Gasteiger partial charge is 0.489 e. The van der Waals surface area contributed by atoms with Crippen LogP contribution in [0.25, 0.3) is 5.57 Å². The lowest BCUT2D eigenvalue weighted by Gasteiger charge is -2.17. The van der Waals surface area contributed by atoms with Gasteiger partial charge < -0.3 is 10.5 Å². The summed E-state index contributed by atoms with van der Waals surface area (Å²) in [4.78, 5) is 0. The predicted molar refractivity (Wildman–Crippen MR) is 56.7 cm³/mol. The highest BCUT2D eigenvalue weighted by Crippen LogP contribution is 2.31. The second-order valence-electron chi connectivity index (χ2n) is 2.88. The Hall–Kier alpha value is -0.800. The number of nitrogens with two attached hydrogens (primary N) is 1. The molecule has 68 valence electrons. The molecule has 0 unspecified atom stereocenters. The van der Waals surface area contributed by atoms with Crippen molar-refractivity contribution < 1.29 is 4.74 Å². The van der Waals surface area contributed by atoms with Crippen molar-refractivity contribution in [3.05, 3.63) is 34.3 Å². The average molecular weight is 240 g/mol. The molecular weight excluding hydrogens is 230 g/mol. The van der Waals surface area contributed by atoms with Crippen LogP contribution < -0.4 is 10.5 Å². The molecule has 3 heteroatoms. The molecule has 0 saturated heterocycles. The van der Waals surface area contributed by atoms with E-state index in [2.05, 4.69) is 15.9 Å². The monoisotopic (exact) mass is 239 g/mol. The van der Waals surface area contributed by atoms with Crippen molar-refractivity contribution in [3.8, 4) is 5.75 Å². The highest BCUT2D eigenvalue weighted by atomic mass is 79.9. The molecule has 0 saturated carbocycles. The highest BCUT2D eigenvalue weighted by molar-refractivity contribution is 9.10. The first kappa shape index (κ1) is 8.78. The number of ether oxygens (including phenoxy) is 1. The lowest BCUT2D eigenvalue weighted by Crippen LogP contribution is -2.10. The Bertz CT molecular complexity index is 360. The second-order valence-corrected chi connectivity index (χ2v) is 3.80. The smallest absolute Gasteiger partial charge is 0.128 e. The number of hydrogen-bond acceptors (Lipinski definition) is 2. The molecule has 0 spiro atoms. The second kappa shape index (κ2) is 3.52. The minimum atomic E-state index is 0.567. The van der Waals surface area contributed by atoms with Gasteiger partial charge in [-0.3, -0.25) is 0 Å². The van der Waals surface area contributed by atoms with Gasteiger partial charge in [0.05, 0.1) is 0 Å². The lowest BCUT2D eigenvalue weighted by molar-refractivity contribution is 0.357. The fraction of sp³-hybridized carbons (Fsp3) is 0.200. The third kappa shape index (κ3) is 1.62. The summed E-state index contributed by atoms with van der Waals surface area (Å²) in [5, 5.41) is 0. The third-order valence-electron chi connectivity index (χ3n) is 2.08. The van der Waals surface area contributed by atoms with Crippen molar-refractivity contribution in [3.63, 3.8) is 0 Å². The van der Waals surface area contributed by atoms with Gasteiger partial charge in [0, 0.05) is 16.6 Å². The molecule has 0 fully saturated rings. The Morgan fingerprint density at radius 1 is 1.46 bits per heavy atom. The Labute approximate surface area is 85.5 Å². The topological polar surface area (TPSA) is 35.2 Å². The zero-order chi connectivity index (χ0) is 9.26. The van der Waals surface area contributed by atoms with Gasteiger partial charge in [-0.05, 0) is 29.8 Å². The van der Waals surface area contributed by atoms with Crippen molar-refractivity contribution in [2.45, 2.75) is 0 Å². The molecule has 0 atom stereocenters. The molecule has 2 rings (SSSR count). The third-order valence-corrected chi connectivity index (χ3v) is 2.57. The Kier molecular flexibility index (Phi) is 2.38. The molecule has 0 aliphatic carbocycles. The Morgan fingerprint density at radius 3 is 3.08 bits per heavy atom. The molecule has 2 nitrogen and oxygen atoms in total. The Morgan fingerprint density at radius 2 is 2.31 bits per heavy atom. The predicted octanol–water partition coefficient (Wildman–Crippen LogP) is 2.18. The zero-order valence-corrected chi connectivity index (χ0v) is 8.67. The van der Waals surface area contributed by atoms with Gasteiger partial charge in [-0.15, -0.1) is 0 Å². The molecule has 0 aromatic heterocycles. The average Bonchev–Trinajstić information content (AvgIpc) is 2.16.